The van der Waals surface area contributed by atoms with Crippen LogP contribution in [0.15, 0.2) is 24.3 Å². The molecule has 0 unspecified atom stereocenters. The second-order valence-corrected chi connectivity index (χ2v) is 5.54. The van der Waals surface area contributed by atoms with Crippen molar-refractivity contribution in [2.75, 3.05) is 13.1 Å². The molecule has 19 heavy (non-hydrogen) atoms. The molecule has 4 heteroatoms. The number of rotatable bonds is 3. The van der Waals surface area contributed by atoms with Crippen molar-refractivity contribution in [3.05, 3.63) is 35.4 Å². The van der Waals surface area contributed by atoms with Gasteiger partial charge in [0.1, 0.15) is 0 Å². The van der Waals surface area contributed by atoms with E-state index >= 15 is 0 Å². The summed E-state index contributed by atoms with van der Waals surface area (Å²) >= 11 is 0. The van der Waals surface area contributed by atoms with Gasteiger partial charge >= 0.3 is 5.97 Å². The van der Waals surface area contributed by atoms with Crippen LogP contribution in [0, 0.1) is 0 Å². The zero-order valence-electron chi connectivity index (χ0n) is 11.5. The van der Waals surface area contributed by atoms with Crippen molar-refractivity contribution in [1.82, 2.24) is 4.90 Å². The second-order valence-electron chi connectivity index (χ2n) is 5.54. The third-order valence-electron chi connectivity index (χ3n) is 4.02. The molecule has 0 radical (unpaired) electrons. The molecule has 1 fully saturated rings. The van der Waals surface area contributed by atoms with Gasteiger partial charge in [-0.1, -0.05) is 12.1 Å². The van der Waals surface area contributed by atoms with Crippen LogP contribution in [0.2, 0.25) is 0 Å². The molecule has 1 saturated heterocycles. The fourth-order valence-corrected chi connectivity index (χ4v) is 2.62. The number of aromatic carboxylic acids is 1. The van der Waals surface area contributed by atoms with Gasteiger partial charge in [-0.25, -0.2) is 4.79 Å². The van der Waals surface area contributed by atoms with Crippen molar-refractivity contribution < 1.29 is 15.0 Å². The van der Waals surface area contributed by atoms with E-state index < -0.39 is 11.6 Å². The monoisotopic (exact) mass is 263 g/mol. The molecule has 0 atom stereocenters. The van der Waals surface area contributed by atoms with Gasteiger partial charge in [-0.3, -0.25) is 0 Å². The second kappa shape index (κ2) is 5.31. The number of piperidine rings is 1. The van der Waals surface area contributed by atoms with Gasteiger partial charge in [-0.2, -0.15) is 0 Å². The standard InChI is InChI=1S/C15H21NO3/c1-11(2)16-9-7-15(19,8-10-16)13-5-3-12(4-6-13)14(17)18/h3-6,11,19H,7-10H2,1-2H3,(H,17,18). The molecule has 0 saturated carbocycles. The van der Waals surface area contributed by atoms with E-state index in [2.05, 4.69) is 18.7 Å². The summed E-state index contributed by atoms with van der Waals surface area (Å²) in [6.45, 7) is 6.06. The molecular formula is C15H21NO3. The summed E-state index contributed by atoms with van der Waals surface area (Å²) in [6.07, 6.45) is 1.38. The van der Waals surface area contributed by atoms with E-state index in [-0.39, 0.29) is 5.56 Å². The SMILES string of the molecule is CC(C)N1CCC(O)(c2ccc(C(=O)O)cc2)CC1. The number of hydrogen-bond acceptors (Lipinski definition) is 3. The minimum atomic E-state index is -0.937. The number of likely N-dealkylation sites (tertiary alicyclic amines) is 1. The number of carbonyl (C=O) groups is 1. The lowest BCUT2D eigenvalue weighted by molar-refractivity contribution is -0.0324. The molecule has 0 bridgehead atoms. The fourth-order valence-electron chi connectivity index (χ4n) is 2.62. The Bertz CT molecular complexity index is 445. The molecule has 1 aromatic rings. The number of nitrogens with zero attached hydrogens (tertiary/aromatic N) is 1. The highest BCUT2D eigenvalue weighted by molar-refractivity contribution is 5.87. The van der Waals surface area contributed by atoms with Gasteiger partial charge in [0.25, 0.3) is 0 Å². The summed E-state index contributed by atoms with van der Waals surface area (Å²) in [7, 11) is 0. The van der Waals surface area contributed by atoms with Gasteiger partial charge < -0.3 is 15.1 Å². The number of carboxylic acid groups (broad SMARTS) is 1. The van der Waals surface area contributed by atoms with Gasteiger partial charge in [0.2, 0.25) is 0 Å². The third-order valence-corrected chi connectivity index (χ3v) is 4.02. The van der Waals surface area contributed by atoms with Crippen LogP contribution < -0.4 is 0 Å². The molecule has 0 aliphatic carbocycles. The number of carboxylic acids is 1. The topological polar surface area (TPSA) is 60.8 Å². The first-order valence-electron chi connectivity index (χ1n) is 6.73. The average molecular weight is 263 g/mol. The van der Waals surface area contributed by atoms with E-state index in [1.165, 1.54) is 0 Å². The van der Waals surface area contributed by atoms with E-state index in [0.717, 1.165) is 18.7 Å². The average Bonchev–Trinajstić information content (AvgIpc) is 2.39. The van der Waals surface area contributed by atoms with Crippen molar-refractivity contribution in [1.29, 1.82) is 0 Å². The molecule has 4 nitrogen and oxygen atoms in total. The van der Waals surface area contributed by atoms with Gasteiger partial charge in [-0.15, -0.1) is 0 Å². The molecule has 1 aliphatic rings. The zero-order chi connectivity index (χ0) is 14.0. The molecule has 0 spiro atoms. The lowest BCUT2D eigenvalue weighted by atomic mass is 9.84. The van der Waals surface area contributed by atoms with Crippen molar-refractivity contribution >= 4 is 5.97 Å². The number of benzene rings is 1. The first-order valence-corrected chi connectivity index (χ1v) is 6.73. The lowest BCUT2D eigenvalue weighted by Gasteiger charge is -2.40. The largest absolute Gasteiger partial charge is 0.478 e. The Balaban J connectivity index is 2.11. The Morgan fingerprint density at radius 2 is 1.74 bits per heavy atom. The Morgan fingerprint density at radius 1 is 1.21 bits per heavy atom. The Hall–Kier alpha value is -1.39. The first-order chi connectivity index (χ1) is 8.92. The minimum Gasteiger partial charge on any atom is -0.478 e. The lowest BCUT2D eigenvalue weighted by Crippen LogP contribution is -2.45. The highest BCUT2D eigenvalue weighted by Gasteiger charge is 2.34. The molecule has 1 aliphatic heterocycles. The predicted octanol–water partition coefficient (Wildman–Crippen LogP) is 2.08. The van der Waals surface area contributed by atoms with Crippen LogP contribution in [0.5, 0.6) is 0 Å². The van der Waals surface area contributed by atoms with E-state index in [0.29, 0.717) is 18.9 Å². The summed E-state index contributed by atoms with van der Waals surface area (Å²) < 4.78 is 0. The molecule has 0 amide bonds. The van der Waals surface area contributed by atoms with Crippen LogP contribution >= 0.6 is 0 Å². The van der Waals surface area contributed by atoms with Crippen molar-refractivity contribution in [2.45, 2.75) is 38.3 Å². The summed E-state index contributed by atoms with van der Waals surface area (Å²) in [5, 5.41) is 19.6. The fraction of sp³-hybridized carbons (Fsp3) is 0.533. The van der Waals surface area contributed by atoms with Crippen LogP contribution in [0.3, 0.4) is 0 Å². The maximum absolute atomic E-state index is 10.8. The summed E-state index contributed by atoms with van der Waals surface area (Å²) in [5.74, 6) is -0.937. The smallest absolute Gasteiger partial charge is 0.335 e. The molecule has 104 valence electrons. The summed E-state index contributed by atoms with van der Waals surface area (Å²) in [6, 6.07) is 7.08. The maximum atomic E-state index is 10.8. The molecule has 1 heterocycles. The van der Waals surface area contributed by atoms with Crippen LogP contribution in [-0.4, -0.2) is 40.2 Å². The van der Waals surface area contributed by atoms with Gasteiger partial charge in [-0.05, 0) is 44.4 Å². The molecule has 1 aromatic carbocycles. The number of hydrogen-bond donors (Lipinski definition) is 2. The predicted molar refractivity (Wildman–Crippen MR) is 73.2 cm³/mol. The quantitative estimate of drug-likeness (QED) is 0.876. The van der Waals surface area contributed by atoms with Gasteiger partial charge in [0.15, 0.2) is 0 Å². The van der Waals surface area contributed by atoms with Crippen molar-refractivity contribution in [3.63, 3.8) is 0 Å². The Kier molecular flexibility index (Phi) is 3.92. The normalized spacial score (nSPS) is 19.6. The first kappa shape index (κ1) is 14.0. The summed E-state index contributed by atoms with van der Waals surface area (Å²) in [5.41, 5.74) is 0.260. The highest BCUT2D eigenvalue weighted by Crippen LogP contribution is 2.33. The van der Waals surface area contributed by atoms with E-state index in [1.54, 1.807) is 24.3 Å². The third kappa shape index (κ3) is 2.96. The molecule has 2 N–H and O–H groups in total. The molecule has 0 aromatic heterocycles. The molecule has 2 rings (SSSR count). The Labute approximate surface area is 113 Å². The van der Waals surface area contributed by atoms with Crippen molar-refractivity contribution in [3.8, 4) is 0 Å². The van der Waals surface area contributed by atoms with E-state index in [9.17, 15) is 9.90 Å². The number of aliphatic hydroxyl groups is 1. The highest BCUT2D eigenvalue weighted by atomic mass is 16.4. The van der Waals surface area contributed by atoms with Crippen LogP contribution in [0.1, 0.15) is 42.6 Å². The molecular weight excluding hydrogens is 242 g/mol. The van der Waals surface area contributed by atoms with Crippen molar-refractivity contribution in [2.24, 2.45) is 0 Å². The van der Waals surface area contributed by atoms with E-state index in [1.807, 2.05) is 0 Å². The van der Waals surface area contributed by atoms with Crippen LogP contribution in [0.25, 0.3) is 0 Å². The summed E-state index contributed by atoms with van der Waals surface area (Å²) in [4.78, 5) is 13.2. The maximum Gasteiger partial charge on any atom is 0.335 e. The Morgan fingerprint density at radius 3 is 2.16 bits per heavy atom. The van der Waals surface area contributed by atoms with Crippen LogP contribution in [-0.2, 0) is 5.60 Å². The van der Waals surface area contributed by atoms with Gasteiger partial charge in [0.05, 0.1) is 11.2 Å². The minimum absolute atomic E-state index is 0.256. The van der Waals surface area contributed by atoms with Crippen LogP contribution in [0.4, 0.5) is 0 Å². The van der Waals surface area contributed by atoms with E-state index in [4.69, 9.17) is 5.11 Å². The van der Waals surface area contributed by atoms with Gasteiger partial charge in [0, 0.05) is 19.1 Å². The zero-order valence-corrected chi connectivity index (χ0v) is 11.5.